The molecule has 0 aliphatic heterocycles. The quantitative estimate of drug-likeness (QED) is 0.620. The summed E-state index contributed by atoms with van der Waals surface area (Å²) in [5, 5.41) is 19.2. The highest BCUT2D eigenvalue weighted by atomic mass is 16.3. The highest BCUT2D eigenvalue weighted by Gasteiger charge is 2.63. The lowest BCUT2D eigenvalue weighted by Gasteiger charge is -2.38. The molecule has 0 radical (unpaired) electrons. The molecule has 0 aromatic heterocycles. The summed E-state index contributed by atoms with van der Waals surface area (Å²) in [6.45, 7) is 4.53. The van der Waals surface area contributed by atoms with Crippen molar-refractivity contribution >= 4 is 0 Å². The van der Waals surface area contributed by atoms with Crippen LogP contribution in [0.4, 0.5) is 0 Å². The molecule has 3 atom stereocenters. The van der Waals surface area contributed by atoms with Crippen LogP contribution in [0, 0.1) is 16.7 Å². The van der Waals surface area contributed by atoms with Crippen LogP contribution in [0.3, 0.4) is 0 Å². The second-order valence-electron chi connectivity index (χ2n) is 5.02. The van der Waals surface area contributed by atoms with E-state index in [4.69, 9.17) is 0 Å². The van der Waals surface area contributed by atoms with Gasteiger partial charge in [0.15, 0.2) is 0 Å². The Labute approximate surface area is 73.6 Å². The first-order chi connectivity index (χ1) is 5.54. The maximum atomic E-state index is 9.85. The van der Waals surface area contributed by atoms with E-state index in [-0.39, 0.29) is 23.5 Å². The molecule has 2 aliphatic carbocycles. The smallest absolute Gasteiger partial charge is 0.0626 e. The molecule has 2 heteroatoms. The minimum atomic E-state index is -0.267. The van der Waals surface area contributed by atoms with Crippen LogP contribution in [-0.4, -0.2) is 22.9 Å². The molecule has 2 N–H and O–H groups in total. The summed E-state index contributed by atoms with van der Waals surface area (Å²) in [7, 11) is 0. The Hall–Kier alpha value is -0.0800. The van der Waals surface area contributed by atoms with E-state index in [1.807, 2.05) is 0 Å². The predicted molar refractivity (Wildman–Crippen MR) is 46.6 cm³/mol. The van der Waals surface area contributed by atoms with Crippen molar-refractivity contribution in [2.45, 2.75) is 39.2 Å². The van der Waals surface area contributed by atoms with E-state index in [0.29, 0.717) is 5.92 Å². The lowest BCUT2D eigenvalue weighted by molar-refractivity contribution is -0.0446. The summed E-state index contributed by atoms with van der Waals surface area (Å²) in [5.41, 5.74) is -0.0428. The number of hydrogen-bond donors (Lipinski definition) is 2. The van der Waals surface area contributed by atoms with Gasteiger partial charge in [0.2, 0.25) is 0 Å². The zero-order valence-electron chi connectivity index (χ0n) is 7.88. The Morgan fingerprint density at radius 2 is 2.08 bits per heavy atom. The standard InChI is InChI=1S/C10H18O2/c1-9(2)7-3-4-10(9,6-11)8(12)5-7/h7-8,11-12H,3-6H2,1-2H3/t7-,8+,10-/m1/s1. The monoisotopic (exact) mass is 170 g/mol. The summed E-state index contributed by atoms with van der Waals surface area (Å²) in [6.07, 6.45) is 2.82. The predicted octanol–water partition coefficient (Wildman–Crippen LogP) is 1.17. The molecular weight excluding hydrogens is 152 g/mol. The van der Waals surface area contributed by atoms with Gasteiger partial charge in [-0.1, -0.05) is 13.8 Å². The molecule has 0 aromatic rings. The fourth-order valence-corrected chi connectivity index (χ4v) is 3.41. The summed E-state index contributed by atoms with van der Waals surface area (Å²) in [5.74, 6) is 0.625. The molecule has 2 bridgehead atoms. The molecule has 0 aromatic carbocycles. The number of aliphatic hydroxyl groups is 2. The first-order valence-electron chi connectivity index (χ1n) is 4.83. The molecule has 2 nitrogen and oxygen atoms in total. The van der Waals surface area contributed by atoms with Crippen LogP contribution in [0.2, 0.25) is 0 Å². The second-order valence-corrected chi connectivity index (χ2v) is 5.02. The SMILES string of the molecule is CC1(C)[C@@H]2CC[C@@]1(CO)[C@@H](O)C2. The zero-order chi connectivity index (χ0) is 8.98. The third-order valence-electron chi connectivity index (χ3n) is 4.67. The lowest BCUT2D eigenvalue weighted by atomic mass is 9.69. The molecule has 70 valence electrons. The van der Waals surface area contributed by atoms with E-state index in [1.54, 1.807) is 0 Å². The second kappa shape index (κ2) is 2.24. The average molecular weight is 170 g/mol. The molecule has 2 rings (SSSR count). The highest BCUT2D eigenvalue weighted by molar-refractivity contribution is 5.12. The van der Waals surface area contributed by atoms with Gasteiger partial charge in [-0.2, -0.15) is 0 Å². The van der Waals surface area contributed by atoms with Crippen molar-refractivity contribution in [3.05, 3.63) is 0 Å². The molecule has 0 unspecified atom stereocenters. The van der Waals surface area contributed by atoms with Crippen molar-refractivity contribution in [2.24, 2.45) is 16.7 Å². The van der Waals surface area contributed by atoms with Crippen LogP contribution in [0.25, 0.3) is 0 Å². The van der Waals surface area contributed by atoms with Crippen molar-refractivity contribution < 1.29 is 10.2 Å². The average Bonchev–Trinajstić information content (AvgIpc) is 2.36. The van der Waals surface area contributed by atoms with E-state index in [9.17, 15) is 10.2 Å². The normalized spacial score (nSPS) is 50.0. The molecule has 2 aliphatic rings. The molecule has 0 heterocycles. The van der Waals surface area contributed by atoms with E-state index in [1.165, 1.54) is 6.42 Å². The van der Waals surface area contributed by atoms with Gasteiger partial charge in [-0.15, -0.1) is 0 Å². The maximum Gasteiger partial charge on any atom is 0.0626 e. The van der Waals surface area contributed by atoms with Crippen molar-refractivity contribution in [1.29, 1.82) is 0 Å². The fraction of sp³-hybridized carbons (Fsp3) is 1.00. The van der Waals surface area contributed by atoms with E-state index >= 15 is 0 Å². The molecule has 2 fully saturated rings. The van der Waals surface area contributed by atoms with Crippen LogP contribution in [0.5, 0.6) is 0 Å². The van der Waals surface area contributed by atoms with Gasteiger partial charge in [0.25, 0.3) is 0 Å². The van der Waals surface area contributed by atoms with Gasteiger partial charge in [-0.3, -0.25) is 0 Å². The van der Waals surface area contributed by atoms with Crippen LogP contribution in [0.1, 0.15) is 33.1 Å². The summed E-state index contributed by atoms with van der Waals surface area (Å²) in [4.78, 5) is 0. The molecule has 0 spiro atoms. The fourth-order valence-electron chi connectivity index (χ4n) is 3.41. The van der Waals surface area contributed by atoms with Crippen molar-refractivity contribution in [2.75, 3.05) is 6.61 Å². The number of fused-ring (bicyclic) bond motifs is 2. The van der Waals surface area contributed by atoms with Crippen LogP contribution < -0.4 is 0 Å². The maximum absolute atomic E-state index is 9.85. The summed E-state index contributed by atoms with van der Waals surface area (Å²) in [6, 6.07) is 0. The summed E-state index contributed by atoms with van der Waals surface area (Å²) >= 11 is 0. The van der Waals surface area contributed by atoms with Gasteiger partial charge >= 0.3 is 0 Å². The van der Waals surface area contributed by atoms with E-state index in [0.717, 1.165) is 12.8 Å². The van der Waals surface area contributed by atoms with Crippen molar-refractivity contribution in [1.82, 2.24) is 0 Å². The highest BCUT2D eigenvalue weighted by Crippen LogP contribution is 2.65. The topological polar surface area (TPSA) is 40.5 Å². The third kappa shape index (κ3) is 0.686. The Morgan fingerprint density at radius 1 is 1.42 bits per heavy atom. The molecule has 2 saturated carbocycles. The van der Waals surface area contributed by atoms with Gasteiger partial charge in [-0.25, -0.2) is 0 Å². The van der Waals surface area contributed by atoms with E-state index in [2.05, 4.69) is 13.8 Å². The van der Waals surface area contributed by atoms with Crippen molar-refractivity contribution in [3.63, 3.8) is 0 Å². The van der Waals surface area contributed by atoms with Gasteiger partial charge < -0.3 is 10.2 Å². The Kier molecular flexibility index (Phi) is 1.59. The number of rotatable bonds is 1. The van der Waals surface area contributed by atoms with Crippen molar-refractivity contribution in [3.8, 4) is 0 Å². The zero-order valence-corrected chi connectivity index (χ0v) is 7.88. The van der Waals surface area contributed by atoms with Crippen LogP contribution >= 0.6 is 0 Å². The van der Waals surface area contributed by atoms with Crippen LogP contribution in [0.15, 0.2) is 0 Å². The first-order valence-corrected chi connectivity index (χ1v) is 4.83. The van der Waals surface area contributed by atoms with Crippen LogP contribution in [-0.2, 0) is 0 Å². The molecule has 12 heavy (non-hydrogen) atoms. The minimum absolute atomic E-state index is 0.140. The van der Waals surface area contributed by atoms with Gasteiger partial charge in [0.05, 0.1) is 12.7 Å². The number of aliphatic hydroxyl groups excluding tert-OH is 2. The largest absolute Gasteiger partial charge is 0.396 e. The Balaban J connectivity index is 2.39. The third-order valence-corrected chi connectivity index (χ3v) is 4.67. The van der Waals surface area contributed by atoms with Gasteiger partial charge in [-0.05, 0) is 30.6 Å². The minimum Gasteiger partial charge on any atom is -0.396 e. The van der Waals surface area contributed by atoms with Gasteiger partial charge in [0, 0.05) is 5.41 Å². The lowest BCUT2D eigenvalue weighted by Crippen LogP contribution is -2.41. The molecule has 0 amide bonds. The Morgan fingerprint density at radius 3 is 2.33 bits per heavy atom. The summed E-state index contributed by atoms with van der Waals surface area (Å²) < 4.78 is 0. The Bertz CT molecular complexity index is 200. The number of hydrogen-bond acceptors (Lipinski definition) is 2. The molecular formula is C10H18O2. The van der Waals surface area contributed by atoms with Gasteiger partial charge in [0.1, 0.15) is 0 Å². The molecule has 0 saturated heterocycles. The van der Waals surface area contributed by atoms with E-state index < -0.39 is 0 Å². The first kappa shape index (κ1) is 8.52.